The van der Waals surface area contributed by atoms with Gasteiger partial charge in [0.1, 0.15) is 11.7 Å². The van der Waals surface area contributed by atoms with E-state index in [9.17, 15) is 14.4 Å². The highest BCUT2D eigenvalue weighted by Gasteiger charge is 2.29. The summed E-state index contributed by atoms with van der Waals surface area (Å²) in [6, 6.07) is 10.6. The van der Waals surface area contributed by atoms with Crippen molar-refractivity contribution in [1.29, 1.82) is 0 Å². The van der Waals surface area contributed by atoms with Gasteiger partial charge in [-0.2, -0.15) is 0 Å². The minimum atomic E-state index is -0.460. The predicted octanol–water partition coefficient (Wildman–Crippen LogP) is 5.39. The Balaban J connectivity index is 0.000000279. The molecule has 1 aromatic rings. The smallest absolute Gasteiger partial charge is 0.335 e. The highest BCUT2D eigenvalue weighted by molar-refractivity contribution is 5.99. The standard InChI is InChI=1S/C12H21NO2.C9H14O3.C8H11N/c1-4-15-12(14)10-7-5-6-8-11(10)13-9(2)3;1-2-12-9(11)7-5-3-4-6-8(7)10;1-7(9)8-5-3-2-4-6-8/h9,13H,4-8H2,1-3H3;7H,2-6H2,1H3;2-7H,9H2,1H3/t;;7-/m..0/s1. The average molecular weight is 503 g/mol. The Hall–Kier alpha value is -2.67. The number of nitrogens with one attached hydrogen (secondary N) is 1. The van der Waals surface area contributed by atoms with Crippen molar-refractivity contribution in [2.75, 3.05) is 13.2 Å². The monoisotopic (exact) mass is 502 g/mol. The topological polar surface area (TPSA) is 108 Å². The zero-order valence-electron chi connectivity index (χ0n) is 22.8. The first-order chi connectivity index (χ1) is 17.2. The molecule has 0 radical (unpaired) electrons. The van der Waals surface area contributed by atoms with Crippen LogP contribution in [0.5, 0.6) is 0 Å². The minimum Gasteiger partial charge on any atom is -0.465 e. The number of hydrogen-bond donors (Lipinski definition) is 2. The second kappa shape index (κ2) is 17.7. The van der Waals surface area contributed by atoms with Gasteiger partial charge in [0.25, 0.3) is 0 Å². The number of rotatable bonds is 7. The van der Waals surface area contributed by atoms with Gasteiger partial charge >= 0.3 is 11.9 Å². The van der Waals surface area contributed by atoms with Gasteiger partial charge in [-0.05, 0) is 78.7 Å². The second-order valence-electron chi connectivity index (χ2n) is 9.40. The van der Waals surface area contributed by atoms with Gasteiger partial charge in [0.2, 0.25) is 0 Å². The van der Waals surface area contributed by atoms with Gasteiger partial charge in [0.15, 0.2) is 0 Å². The lowest BCUT2D eigenvalue weighted by Gasteiger charge is -2.22. The van der Waals surface area contributed by atoms with E-state index in [1.165, 1.54) is 5.56 Å². The summed E-state index contributed by atoms with van der Waals surface area (Å²) in [4.78, 5) is 34.0. The first-order valence-corrected chi connectivity index (χ1v) is 13.4. The van der Waals surface area contributed by atoms with E-state index in [-0.39, 0.29) is 23.8 Å². The largest absolute Gasteiger partial charge is 0.465 e. The number of esters is 2. The maximum Gasteiger partial charge on any atom is 0.335 e. The highest BCUT2D eigenvalue weighted by Crippen LogP contribution is 2.24. The Kier molecular flexibility index (Phi) is 15.4. The van der Waals surface area contributed by atoms with E-state index in [4.69, 9.17) is 15.2 Å². The molecular formula is C29H46N2O5. The second-order valence-corrected chi connectivity index (χ2v) is 9.40. The molecule has 0 saturated heterocycles. The normalized spacial score (nSPS) is 18.2. The molecule has 2 atom stereocenters. The third-order valence-corrected chi connectivity index (χ3v) is 5.90. The number of allylic oxidation sites excluding steroid dienone is 1. The lowest BCUT2D eigenvalue weighted by atomic mass is 9.88. The fourth-order valence-electron chi connectivity index (χ4n) is 4.09. The third-order valence-electron chi connectivity index (χ3n) is 5.90. The molecule has 0 amide bonds. The number of Topliss-reactive ketones (excluding diaryl/α,β-unsaturated/α-hetero) is 1. The molecule has 36 heavy (non-hydrogen) atoms. The quantitative estimate of drug-likeness (QED) is 0.380. The summed E-state index contributed by atoms with van der Waals surface area (Å²) >= 11 is 0. The maximum atomic E-state index is 11.7. The molecule has 1 saturated carbocycles. The zero-order chi connectivity index (χ0) is 26.9. The van der Waals surface area contributed by atoms with Crippen LogP contribution in [-0.2, 0) is 23.9 Å². The van der Waals surface area contributed by atoms with Crippen LogP contribution in [0.4, 0.5) is 0 Å². The van der Waals surface area contributed by atoms with Crippen molar-refractivity contribution in [3.8, 4) is 0 Å². The van der Waals surface area contributed by atoms with Crippen LogP contribution in [0.1, 0.15) is 97.6 Å². The Bertz CT molecular complexity index is 833. The summed E-state index contributed by atoms with van der Waals surface area (Å²) < 4.78 is 9.85. The molecule has 1 unspecified atom stereocenters. The molecule has 1 aromatic carbocycles. The van der Waals surface area contributed by atoms with Gasteiger partial charge in [0.05, 0.1) is 18.8 Å². The van der Waals surface area contributed by atoms with Crippen LogP contribution in [0.3, 0.4) is 0 Å². The van der Waals surface area contributed by atoms with Gasteiger partial charge in [-0.15, -0.1) is 0 Å². The molecule has 0 aliphatic heterocycles. The summed E-state index contributed by atoms with van der Waals surface area (Å²) in [5, 5.41) is 3.35. The average Bonchev–Trinajstić information content (AvgIpc) is 2.86. The van der Waals surface area contributed by atoms with Crippen LogP contribution in [0.15, 0.2) is 41.6 Å². The first-order valence-electron chi connectivity index (χ1n) is 13.4. The first kappa shape index (κ1) is 31.4. The summed E-state index contributed by atoms with van der Waals surface area (Å²) in [6.07, 6.45) is 7.21. The molecular weight excluding hydrogens is 456 g/mol. The number of carbonyl (C=O) groups excluding carboxylic acids is 3. The van der Waals surface area contributed by atoms with Crippen LogP contribution in [-0.4, -0.2) is 37.0 Å². The summed E-state index contributed by atoms with van der Waals surface area (Å²) in [5.74, 6) is -0.874. The van der Waals surface area contributed by atoms with E-state index in [1.807, 2.05) is 44.2 Å². The van der Waals surface area contributed by atoms with E-state index >= 15 is 0 Å². The Labute approximate surface area is 217 Å². The van der Waals surface area contributed by atoms with Crippen molar-refractivity contribution >= 4 is 17.7 Å². The molecule has 0 spiro atoms. The third kappa shape index (κ3) is 11.8. The molecule has 7 heteroatoms. The summed E-state index contributed by atoms with van der Waals surface area (Å²) in [6.45, 7) is 10.6. The van der Waals surface area contributed by atoms with Crippen molar-refractivity contribution in [2.45, 2.75) is 98.1 Å². The van der Waals surface area contributed by atoms with E-state index in [1.54, 1.807) is 6.92 Å². The Morgan fingerprint density at radius 2 is 1.56 bits per heavy atom. The molecule has 3 N–H and O–H groups in total. The number of hydrogen-bond acceptors (Lipinski definition) is 7. The van der Waals surface area contributed by atoms with Crippen molar-refractivity contribution in [3.05, 3.63) is 47.2 Å². The maximum absolute atomic E-state index is 11.7. The van der Waals surface area contributed by atoms with Crippen molar-refractivity contribution < 1.29 is 23.9 Å². The van der Waals surface area contributed by atoms with Crippen molar-refractivity contribution in [2.24, 2.45) is 11.7 Å². The van der Waals surface area contributed by atoms with E-state index in [0.717, 1.165) is 49.8 Å². The van der Waals surface area contributed by atoms with E-state index < -0.39 is 5.92 Å². The number of ether oxygens (including phenoxy) is 2. The van der Waals surface area contributed by atoms with Crippen LogP contribution >= 0.6 is 0 Å². The molecule has 2 aliphatic rings. The van der Waals surface area contributed by atoms with Crippen LogP contribution in [0, 0.1) is 5.92 Å². The van der Waals surface area contributed by atoms with Crippen molar-refractivity contribution in [3.63, 3.8) is 0 Å². The van der Waals surface area contributed by atoms with Crippen molar-refractivity contribution in [1.82, 2.24) is 5.32 Å². The Morgan fingerprint density at radius 1 is 0.944 bits per heavy atom. The SMILES string of the molecule is CCOC(=O)C1=C(NC(C)C)CCCC1.CCOC(=O)C1CCCCC1=O.C[C@H](N)c1ccccc1. The van der Waals surface area contributed by atoms with Crippen LogP contribution in [0.2, 0.25) is 0 Å². The van der Waals surface area contributed by atoms with Gasteiger partial charge in [-0.25, -0.2) is 4.79 Å². The van der Waals surface area contributed by atoms with Crippen LogP contribution in [0.25, 0.3) is 0 Å². The Morgan fingerprint density at radius 3 is 2.08 bits per heavy atom. The molecule has 1 fully saturated rings. The van der Waals surface area contributed by atoms with Gasteiger partial charge in [0, 0.05) is 24.2 Å². The molecule has 202 valence electrons. The number of nitrogens with two attached hydrogens (primary N) is 1. The molecule has 0 bridgehead atoms. The molecule has 0 heterocycles. The molecule has 7 nitrogen and oxygen atoms in total. The summed E-state index contributed by atoms with van der Waals surface area (Å²) in [5.41, 5.74) is 8.76. The fourth-order valence-corrected chi connectivity index (χ4v) is 4.09. The predicted molar refractivity (Wildman–Crippen MR) is 143 cm³/mol. The molecule has 0 aromatic heterocycles. The van der Waals surface area contributed by atoms with Gasteiger partial charge in [-0.1, -0.05) is 36.8 Å². The molecule has 2 aliphatic carbocycles. The van der Waals surface area contributed by atoms with E-state index in [0.29, 0.717) is 32.1 Å². The number of carbonyl (C=O) groups is 3. The zero-order valence-corrected chi connectivity index (χ0v) is 22.8. The minimum absolute atomic E-state index is 0.0553. The number of ketones is 1. The highest BCUT2D eigenvalue weighted by atomic mass is 16.5. The van der Waals surface area contributed by atoms with E-state index in [2.05, 4.69) is 19.2 Å². The molecule has 3 rings (SSSR count). The summed E-state index contributed by atoms with van der Waals surface area (Å²) in [7, 11) is 0. The van der Waals surface area contributed by atoms with Crippen LogP contribution < -0.4 is 11.1 Å². The lowest BCUT2D eigenvalue weighted by molar-refractivity contribution is -0.152. The van der Waals surface area contributed by atoms with Gasteiger partial charge < -0.3 is 20.5 Å². The van der Waals surface area contributed by atoms with Gasteiger partial charge in [-0.3, -0.25) is 9.59 Å². The lowest BCUT2D eigenvalue weighted by Crippen LogP contribution is -2.28. The number of benzene rings is 1. The fraction of sp³-hybridized carbons (Fsp3) is 0.621.